The molecule has 17 heavy (non-hydrogen) atoms. The van der Waals surface area contributed by atoms with E-state index < -0.39 is 0 Å². The van der Waals surface area contributed by atoms with Gasteiger partial charge in [0.2, 0.25) is 0 Å². The van der Waals surface area contributed by atoms with Crippen molar-refractivity contribution in [3.8, 4) is 0 Å². The molecule has 1 aromatic rings. The number of nitrogens with zero attached hydrogens (tertiary/aromatic N) is 1. The molecule has 7 heteroatoms. The first kappa shape index (κ1) is 14.0. The number of rotatable bonds is 4. The van der Waals surface area contributed by atoms with Gasteiger partial charge in [0.1, 0.15) is 0 Å². The van der Waals surface area contributed by atoms with Crippen LogP contribution in [0, 0.1) is 0 Å². The summed E-state index contributed by atoms with van der Waals surface area (Å²) in [6.45, 7) is 0.823. The molecular weight excluding hydrogens is 306 g/mol. The third kappa shape index (κ3) is 4.74. The Kier molecular flexibility index (Phi) is 5.43. The highest BCUT2D eigenvalue weighted by atomic mass is 79.9. The zero-order chi connectivity index (χ0) is 12.8. The fourth-order valence-electron chi connectivity index (χ4n) is 1.03. The lowest BCUT2D eigenvalue weighted by Gasteiger charge is -2.11. The van der Waals surface area contributed by atoms with Gasteiger partial charge >= 0.3 is 6.03 Å². The smallest absolute Gasteiger partial charge is 0.316 e. The normalized spacial score (nSPS) is 9.82. The molecule has 0 aromatic carbocycles. The van der Waals surface area contributed by atoms with Gasteiger partial charge in [-0.2, -0.15) is 0 Å². The van der Waals surface area contributed by atoms with Crippen LogP contribution < -0.4 is 10.6 Å². The van der Waals surface area contributed by atoms with Gasteiger partial charge in [-0.05, 0) is 28.1 Å². The molecule has 0 saturated heterocycles. The van der Waals surface area contributed by atoms with Crippen molar-refractivity contribution >= 4 is 39.2 Å². The predicted molar refractivity (Wildman–Crippen MR) is 71.4 cm³/mol. The van der Waals surface area contributed by atoms with Gasteiger partial charge in [0, 0.05) is 27.2 Å². The number of carbonyl (C=O) groups is 2. The molecule has 1 heterocycles. The lowest BCUT2D eigenvalue weighted by atomic mass is 10.4. The molecule has 0 aliphatic carbocycles. The topological polar surface area (TPSA) is 61.4 Å². The van der Waals surface area contributed by atoms with Gasteiger partial charge in [-0.25, -0.2) is 4.79 Å². The zero-order valence-electron chi connectivity index (χ0n) is 9.62. The Labute approximate surface area is 112 Å². The number of hydrogen-bond donors (Lipinski definition) is 2. The number of amides is 3. The van der Waals surface area contributed by atoms with Crippen molar-refractivity contribution in [3.63, 3.8) is 0 Å². The molecule has 0 atom stereocenters. The molecule has 0 aliphatic rings. The minimum Gasteiger partial charge on any atom is -0.350 e. The van der Waals surface area contributed by atoms with Crippen molar-refractivity contribution in [3.05, 3.63) is 20.8 Å². The monoisotopic (exact) mass is 319 g/mol. The molecule has 0 saturated carbocycles. The Morgan fingerprint density at radius 2 is 1.94 bits per heavy atom. The van der Waals surface area contributed by atoms with Gasteiger partial charge in [-0.1, -0.05) is 0 Å². The van der Waals surface area contributed by atoms with Crippen LogP contribution in [0.25, 0.3) is 0 Å². The Hall–Kier alpha value is -1.08. The summed E-state index contributed by atoms with van der Waals surface area (Å²) < 4.78 is 0.920. The van der Waals surface area contributed by atoms with Gasteiger partial charge in [-0.3, -0.25) is 4.79 Å². The molecule has 0 radical (unpaired) electrons. The van der Waals surface area contributed by atoms with E-state index in [0.29, 0.717) is 18.0 Å². The van der Waals surface area contributed by atoms with Crippen LogP contribution in [0.3, 0.4) is 0 Å². The maximum Gasteiger partial charge on any atom is 0.316 e. The molecular formula is C10H14BrN3O2S. The van der Waals surface area contributed by atoms with E-state index in [1.54, 1.807) is 20.2 Å². The van der Waals surface area contributed by atoms with Crippen molar-refractivity contribution in [2.75, 3.05) is 27.2 Å². The van der Waals surface area contributed by atoms with E-state index in [1.807, 2.05) is 6.07 Å². The summed E-state index contributed by atoms with van der Waals surface area (Å²) in [4.78, 5) is 24.8. The van der Waals surface area contributed by atoms with Gasteiger partial charge < -0.3 is 15.5 Å². The number of halogens is 1. The molecule has 0 fully saturated rings. The lowest BCUT2D eigenvalue weighted by molar-refractivity contribution is 0.0957. The largest absolute Gasteiger partial charge is 0.350 e. The quantitative estimate of drug-likeness (QED) is 0.826. The molecule has 0 aliphatic heterocycles. The average Bonchev–Trinajstić information content (AvgIpc) is 2.70. The van der Waals surface area contributed by atoms with Crippen molar-refractivity contribution in [1.29, 1.82) is 0 Å². The molecule has 0 spiro atoms. The third-order valence-corrected chi connectivity index (χ3v) is 3.51. The fourth-order valence-corrected chi connectivity index (χ4v) is 2.33. The predicted octanol–water partition coefficient (Wildman–Crippen LogP) is 1.51. The fraction of sp³-hybridized carbons (Fsp3) is 0.400. The van der Waals surface area contributed by atoms with Gasteiger partial charge in [-0.15, -0.1) is 11.3 Å². The van der Waals surface area contributed by atoms with Gasteiger partial charge in [0.25, 0.3) is 5.91 Å². The molecule has 2 N–H and O–H groups in total. The number of carbonyl (C=O) groups excluding carboxylic acids is 2. The minimum absolute atomic E-state index is 0.125. The summed E-state index contributed by atoms with van der Waals surface area (Å²) in [6, 6.07) is 3.41. The number of nitrogens with one attached hydrogen (secondary N) is 2. The summed E-state index contributed by atoms with van der Waals surface area (Å²) in [5.74, 6) is -0.125. The van der Waals surface area contributed by atoms with Crippen molar-refractivity contribution < 1.29 is 9.59 Å². The molecule has 1 aromatic heterocycles. The van der Waals surface area contributed by atoms with Crippen molar-refractivity contribution in [2.24, 2.45) is 0 Å². The van der Waals surface area contributed by atoms with Crippen LogP contribution in [-0.2, 0) is 0 Å². The maximum absolute atomic E-state index is 11.6. The Morgan fingerprint density at radius 1 is 1.29 bits per heavy atom. The van der Waals surface area contributed by atoms with Crippen molar-refractivity contribution in [1.82, 2.24) is 15.5 Å². The Bertz CT molecular complexity index is 406. The van der Waals surface area contributed by atoms with E-state index in [0.717, 1.165) is 3.79 Å². The highest BCUT2D eigenvalue weighted by Crippen LogP contribution is 2.21. The number of thiophene rings is 1. The Balaban J connectivity index is 2.23. The second-order valence-electron chi connectivity index (χ2n) is 3.49. The maximum atomic E-state index is 11.6. The van der Waals surface area contributed by atoms with Crippen LogP contribution >= 0.6 is 27.3 Å². The first-order valence-electron chi connectivity index (χ1n) is 4.99. The van der Waals surface area contributed by atoms with Crippen molar-refractivity contribution in [2.45, 2.75) is 0 Å². The average molecular weight is 320 g/mol. The van der Waals surface area contributed by atoms with Gasteiger partial charge in [0.05, 0.1) is 8.66 Å². The molecule has 94 valence electrons. The third-order valence-electron chi connectivity index (χ3n) is 1.89. The molecule has 0 unspecified atom stereocenters. The Morgan fingerprint density at radius 3 is 2.47 bits per heavy atom. The van der Waals surface area contributed by atoms with Gasteiger partial charge in [0.15, 0.2) is 0 Å². The van der Waals surface area contributed by atoms with Crippen LogP contribution in [0.1, 0.15) is 9.67 Å². The van der Waals surface area contributed by atoms with E-state index >= 15 is 0 Å². The van der Waals surface area contributed by atoms with Crippen LogP contribution in [0.15, 0.2) is 15.9 Å². The molecule has 1 rings (SSSR count). The second-order valence-corrected chi connectivity index (χ2v) is 5.95. The standard InChI is InChI=1S/C10H14BrN3O2S/c1-14(2)10(16)13-6-5-12-9(15)7-3-4-8(11)17-7/h3-4H,5-6H2,1-2H3,(H,12,15)(H,13,16). The zero-order valence-corrected chi connectivity index (χ0v) is 12.0. The summed E-state index contributed by atoms with van der Waals surface area (Å²) >= 11 is 4.67. The highest BCUT2D eigenvalue weighted by Gasteiger charge is 2.07. The highest BCUT2D eigenvalue weighted by molar-refractivity contribution is 9.11. The van der Waals surface area contributed by atoms with Crippen LogP contribution in [-0.4, -0.2) is 44.0 Å². The number of urea groups is 1. The van der Waals surface area contributed by atoms with E-state index in [9.17, 15) is 9.59 Å². The van der Waals surface area contributed by atoms with E-state index in [2.05, 4.69) is 26.6 Å². The van der Waals surface area contributed by atoms with E-state index in [4.69, 9.17) is 0 Å². The summed E-state index contributed by atoms with van der Waals surface area (Å²) in [6.07, 6.45) is 0. The summed E-state index contributed by atoms with van der Waals surface area (Å²) in [5.41, 5.74) is 0. The molecule has 5 nitrogen and oxygen atoms in total. The first-order chi connectivity index (χ1) is 8.00. The number of hydrogen-bond acceptors (Lipinski definition) is 3. The molecule has 3 amide bonds. The van der Waals surface area contributed by atoms with Crippen LogP contribution in [0.2, 0.25) is 0 Å². The lowest BCUT2D eigenvalue weighted by Crippen LogP contribution is -2.39. The first-order valence-corrected chi connectivity index (χ1v) is 6.60. The SMILES string of the molecule is CN(C)C(=O)NCCNC(=O)c1ccc(Br)s1. The molecule has 0 bridgehead atoms. The summed E-state index contributed by atoms with van der Waals surface area (Å²) in [7, 11) is 3.33. The van der Waals surface area contributed by atoms with Crippen LogP contribution in [0.5, 0.6) is 0 Å². The van der Waals surface area contributed by atoms with E-state index in [-0.39, 0.29) is 11.9 Å². The summed E-state index contributed by atoms with van der Waals surface area (Å²) in [5, 5.41) is 5.38. The van der Waals surface area contributed by atoms with E-state index in [1.165, 1.54) is 16.2 Å². The van der Waals surface area contributed by atoms with Crippen LogP contribution in [0.4, 0.5) is 4.79 Å². The minimum atomic E-state index is -0.168. The second kappa shape index (κ2) is 6.61.